The largest absolute Gasteiger partial charge is 0.504 e. The summed E-state index contributed by atoms with van der Waals surface area (Å²) >= 11 is 1.27. The number of benzene rings is 2. The highest BCUT2D eigenvalue weighted by atomic mass is 32.2. The lowest BCUT2D eigenvalue weighted by Crippen LogP contribution is -2.57. The molecule has 3 heterocycles. The third-order valence-corrected chi connectivity index (χ3v) is 9.82. The van der Waals surface area contributed by atoms with Crippen molar-refractivity contribution in [3.05, 3.63) is 65.4 Å². The number of anilines is 2. The number of hydrogen-bond donors (Lipinski definition) is 1. The zero-order chi connectivity index (χ0) is 26.4. The molecule has 3 aromatic rings. The van der Waals surface area contributed by atoms with E-state index in [9.17, 15) is 17.9 Å². The van der Waals surface area contributed by atoms with Crippen molar-refractivity contribution in [3.63, 3.8) is 0 Å². The molecule has 2 aliphatic rings. The van der Waals surface area contributed by atoms with Crippen molar-refractivity contribution in [3.8, 4) is 11.5 Å². The summed E-state index contributed by atoms with van der Waals surface area (Å²) in [6.07, 6.45) is 2.67. The Morgan fingerprint density at radius 3 is 2.76 bits per heavy atom. The summed E-state index contributed by atoms with van der Waals surface area (Å²) < 4.78 is 50.5. The number of ether oxygens (including phenoxy) is 1. The van der Waals surface area contributed by atoms with E-state index >= 15 is 0 Å². The minimum atomic E-state index is -3.97. The van der Waals surface area contributed by atoms with Crippen molar-refractivity contribution >= 4 is 32.4 Å². The van der Waals surface area contributed by atoms with Crippen LogP contribution in [0.1, 0.15) is 39.2 Å². The van der Waals surface area contributed by atoms with E-state index in [1.165, 1.54) is 32.1 Å². The number of halogens is 1. The second-order valence-corrected chi connectivity index (χ2v) is 12.6. The minimum Gasteiger partial charge on any atom is -0.504 e. The number of aromatic nitrogens is 1. The number of likely N-dealkylation sites (tertiary alicyclic amines) is 1. The number of phenolic OH excluding ortho intramolecular Hbond substituents is 1. The Hall–Kier alpha value is -2.89. The molecule has 1 spiro atoms. The normalized spacial score (nSPS) is 23.8. The maximum absolute atomic E-state index is 14.2. The van der Waals surface area contributed by atoms with E-state index in [1.807, 2.05) is 26.0 Å². The molecule has 0 aliphatic carbocycles. The van der Waals surface area contributed by atoms with Gasteiger partial charge < -0.3 is 9.84 Å². The second kappa shape index (κ2) is 9.77. The van der Waals surface area contributed by atoms with Crippen LogP contribution in [-0.4, -0.2) is 54.2 Å². The molecule has 0 radical (unpaired) electrons. The Morgan fingerprint density at radius 1 is 1.27 bits per heavy atom. The van der Waals surface area contributed by atoms with Gasteiger partial charge in [0.2, 0.25) is 5.13 Å². The van der Waals surface area contributed by atoms with E-state index < -0.39 is 21.6 Å². The molecule has 2 saturated heterocycles. The monoisotopic (exact) mass is 546 g/mol. The maximum atomic E-state index is 14.2. The van der Waals surface area contributed by atoms with Crippen molar-refractivity contribution in [2.24, 2.45) is 0 Å². The van der Waals surface area contributed by atoms with Crippen LogP contribution in [0.15, 0.2) is 54.0 Å². The Bertz CT molecular complexity index is 1370. The molecule has 1 aromatic heterocycles. The van der Waals surface area contributed by atoms with Crippen LogP contribution in [0.3, 0.4) is 0 Å². The van der Waals surface area contributed by atoms with E-state index in [-0.39, 0.29) is 24.4 Å². The topological polar surface area (TPSA) is 86.2 Å². The van der Waals surface area contributed by atoms with Gasteiger partial charge in [-0.2, -0.15) is 8.42 Å². The van der Waals surface area contributed by atoms with Crippen LogP contribution in [0.4, 0.5) is 15.2 Å². The lowest BCUT2D eigenvalue weighted by molar-refractivity contribution is 0.107. The predicted molar refractivity (Wildman–Crippen MR) is 143 cm³/mol. The van der Waals surface area contributed by atoms with Gasteiger partial charge in [0.1, 0.15) is 5.82 Å². The molecule has 0 saturated carbocycles. The summed E-state index contributed by atoms with van der Waals surface area (Å²) in [6, 6.07) is 11.2. The molecule has 2 fully saturated rings. The number of rotatable bonds is 6. The maximum Gasteiger partial charge on any atom is 0.328 e. The van der Waals surface area contributed by atoms with Crippen molar-refractivity contribution in [2.75, 3.05) is 21.7 Å². The summed E-state index contributed by atoms with van der Waals surface area (Å²) in [5.41, 5.74) is 0.588. The van der Waals surface area contributed by atoms with E-state index in [0.717, 1.165) is 5.56 Å². The minimum absolute atomic E-state index is 0.0412. The Kier molecular flexibility index (Phi) is 6.80. The number of thiazole rings is 1. The number of aromatic hydroxyl groups is 1. The zero-order valence-electron chi connectivity index (χ0n) is 21.0. The van der Waals surface area contributed by atoms with Crippen LogP contribution in [0.25, 0.3) is 0 Å². The molecular formula is C26H31FN4O4S2. The summed E-state index contributed by atoms with van der Waals surface area (Å²) in [5, 5.41) is 12.3. The van der Waals surface area contributed by atoms with Gasteiger partial charge in [-0.15, -0.1) is 11.3 Å². The fourth-order valence-corrected chi connectivity index (χ4v) is 8.32. The van der Waals surface area contributed by atoms with Gasteiger partial charge in [0, 0.05) is 30.7 Å². The van der Waals surface area contributed by atoms with Crippen LogP contribution in [-0.2, 0) is 16.8 Å². The molecule has 0 bridgehead atoms. The molecule has 8 nitrogen and oxygen atoms in total. The highest BCUT2D eigenvalue weighted by molar-refractivity contribution is 7.94. The molecule has 2 aliphatic heterocycles. The molecule has 2 atom stereocenters. The fraction of sp³-hybridized carbons (Fsp3) is 0.423. The molecule has 11 heteroatoms. The molecule has 5 rings (SSSR count). The van der Waals surface area contributed by atoms with Crippen molar-refractivity contribution in [1.29, 1.82) is 0 Å². The second-order valence-electron chi connectivity index (χ2n) is 10.0. The van der Waals surface area contributed by atoms with Crippen LogP contribution >= 0.6 is 11.3 Å². The van der Waals surface area contributed by atoms with Gasteiger partial charge in [-0.05, 0) is 69.5 Å². The first kappa shape index (κ1) is 25.7. The molecule has 37 heavy (non-hydrogen) atoms. The first-order valence-electron chi connectivity index (χ1n) is 12.3. The van der Waals surface area contributed by atoms with Gasteiger partial charge >= 0.3 is 10.2 Å². The van der Waals surface area contributed by atoms with Gasteiger partial charge in [-0.3, -0.25) is 4.90 Å². The Labute approximate surface area is 221 Å². The van der Waals surface area contributed by atoms with E-state index in [0.29, 0.717) is 42.5 Å². The number of hydrogen-bond acceptors (Lipinski definition) is 7. The van der Waals surface area contributed by atoms with Crippen LogP contribution < -0.4 is 13.3 Å². The lowest BCUT2D eigenvalue weighted by Gasteiger charge is -2.46. The molecule has 2 aromatic carbocycles. The molecular weight excluding hydrogens is 515 g/mol. The standard InChI is InChI=1S/C26H31FN4O4S2/c1-18(2)35-24-13-20(7-8-23(24)32)16-29-11-9-26(15-19(29)3)17-30(25-28-10-12-36-25)37(33,34)31(26)22-6-4-5-21(27)14-22/h4-8,10,12-14,18-19,32H,9,11,15-17H2,1-3H3/t19-,26+/m0/s1. The van der Waals surface area contributed by atoms with E-state index in [2.05, 4.69) is 16.8 Å². The lowest BCUT2D eigenvalue weighted by atomic mass is 9.82. The number of nitrogens with zero attached hydrogens (tertiary/aromatic N) is 4. The van der Waals surface area contributed by atoms with Crippen molar-refractivity contribution in [2.45, 2.75) is 57.8 Å². The third-order valence-electron chi connectivity index (χ3n) is 6.99. The number of phenols is 1. The van der Waals surface area contributed by atoms with E-state index in [1.54, 1.807) is 29.8 Å². The molecule has 0 unspecified atom stereocenters. The van der Waals surface area contributed by atoms with Crippen molar-refractivity contribution in [1.82, 2.24) is 9.88 Å². The summed E-state index contributed by atoms with van der Waals surface area (Å²) in [4.78, 5) is 6.57. The van der Waals surface area contributed by atoms with Crippen LogP contribution in [0.5, 0.6) is 11.5 Å². The summed E-state index contributed by atoms with van der Waals surface area (Å²) in [6.45, 7) is 7.45. The SMILES string of the molecule is CC(C)Oc1cc(CN2CC[C@@]3(C[C@@H]2C)CN(c2nccs2)S(=O)(=O)N3c2cccc(F)c2)ccc1O. The van der Waals surface area contributed by atoms with Crippen LogP contribution in [0.2, 0.25) is 0 Å². The van der Waals surface area contributed by atoms with Gasteiger partial charge in [-0.1, -0.05) is 12.1 Å². The van der Waals surface area contributed by atoms with Gasteiger partial charge in [0.15, 0.2) is 11.5 Å². The first-order valence-corrected chi connectivity index (χ1v) is 14.6. The smallest absolute Gasteiger partial charge is 0.328 e. The zero-order valence-corrected chi connectivity index (χ0v) is 22.7. The Balaban J connectivity index is 1.44. The summed E-state index contributed by atoms with van der Waals surface area (Å²) in [5.74, 6) is 0.0759. The quantitative estimate of drug-likeness (QED) is 0.480. The highest BCUT2D eigenvalue weighted by Crippen LogP contribution is 2.46. The number of piperidine rings is 1. The van der Waals surface area contributed by atoms with Crippen molar-refractivity contribution < 1.29 is 22.7 Å². The highest BCUT2D eigenvalue weighted by Gasteiger charge is 2.57. The fourth-order valence-electron chi connectivity index (χ4n) is 5.43. The Morgan fingerprint density at radius 2 is 2.08 bits per heavy atom. The average molecular weight is 547 g/mol. The van der Waals surface area contributed by atoms with E-state index in [4.69, 9.17) is 4.74 Å². The van der Waals surface area contributed by atoms with Gasteiger partial charge in [0.05, 0.1) is 23.9 Å². The molecule has 198 valence electrons. The first-order chi connectivity index (χ1) is 17.6. The third kappa shape index (κ3) is 4.87. The van der Waals surface area contributed by atoms with Gasteiger partial charge in [-0.25, -0.2) is 18.0 Å². The van der Waals surface area contributed by atoms with Gasteiger partial charge in [0.25, 0.3) is 0 Å². The average Bonchev–Trinajstić information content (AvgIpc) is 3.42. The predicted octanol–water partition coefficient (Wildman–Crippen LogP) is 4.77. The molecule has 1 N–H and O–H groups in total. The van der Waals surface area contributed by atoms with Crippen LogP contribution in [0, 0.1) is 5.82 Å². The summed E-state index contributed by atoms with van der Waals surface area (Å²) in [7, 11) is -3.97. The molecule has 0 amide bonds.